The molecule has 1 aliphatic heterocycles. The average molecular weight is 312 g/mol. The summed E-state index contributed by atoms with van der Waals surface area (Å²) < 4.78 is 11.5. The quantitative estimate of drug-likeness (QED) is 0.589. The van der Waals surface area contributed by atoms with Crippen LogP contribution >= 0.6 is 11.8 Å². The zero-order chi connectivity index (χ0) is 14.9. The van der Waals surface area contributed by atoms with Gasteiger partial charge in [0.25, 0.3) is 0 Å². The van der Waals surface area contributed by atoms with E-state index in [9.17, 15) is 4.79 Å². The van der Waals surface area contributed by atoms with Gasteiger partial charge in [-0.2, -0.15) is 0 Å². The van der Waals surface area contributed by atoms with E-state index in [0.717, 1.165) is 36.5 Å². The molecule has 1 heterocycles. The molecule has 0 aromatic heterocycles. The number of unbranched alkanes of at least 4 members (excludes halogenated alkanes) is 4. The van der Waals surface area contributed by atoms with Crippen LogP contribution < -0.4 is 0 Å². The first-order valence-electron chi connectivity index (χ1n) is 8.44. The molecule has 4 heteroatoms. The second-order valence-electron chi connectivity index (χ2n) is 5.89. The third-order valence-electron chi connectivity index (χ3n) is 3.97. The maximum Gasteiger partial charge on any atom is 0.171 e. The van der Waals surface area contributed by atoms with Crippen molar-refractivity contribution in [2.75, 3.05) is 12.4 Å². The Morgan fingerprint density at radius 2 is 2.14 bits per heavy atom. The fourth-order valence-corrected chi connectivity index (χ4v) is 3.78. The van der Waals surface area contributed by atoms with Crippen LogP contribution in [-0.4, -0.2) is 30.5 Å². The van der Waals surface area contributed by atoms with Crippen LogP contribution in [0, 0.1) is 0 Å². The first kappa shape index (κ1) is 17.0. The molecule has 0 N–H and O–H groups in total. The lowest BCUT2D eigenvalue weighted by Crippen LogP contribution is -2.26. The monoisotopic (exact) mass is 312 g/mol. The summed E-state index contributed by atoms with van der Waals surface area (Å²) in [4.78, 5) is 12.9. The largest absolute Gasteiger partial charge is 0.353 e. The Labute approximate surface area is 132 Å². The van der Waals surface area contributed by atoms with Crippen molar-refractivity contribution < 1.29 is 14.3 Å². The number of carbonyl (C=O) groups excluding carboxylic acids is 1. The maximum absolute atomic E-state index is 12.0. The van der Waals surface area contributed by atoms with Crippen molar-refractivity contribution >= 4 is 17.5 Å². The van der Waals surface area contributed by atoms with Gasteiger partial charge in [0.15, 0.2) is 12.1 Å². The van der Waals surface area contributed by atoms with Gasteiger partial charge in [0, 0.05) is 17.9 Å². The van der Waals surface area contributed by atoms with E-state index in [2.05, 4.69) is 6.92 Å². The minimum Gasteiger partial charge on any atom is -0.353 e. The van der Waals surface area contributed by atoms with E-state index in [1.54, 1.807) is 11.8 Å². The highest BCUT2D eigenvalue weighted by atomic mass is 32.2. The molecule has 0 amide bonds. The second kappa shape index (κ2) is 9.65. The lowest BCUT2D eigenvalue weighted by Gasteiger charge is -2.24. The van der Waals surface area contributed by atoms with Gasteiger partial charge in [-0.05, 0) is 37.5 Å². The third-order valence-corrected chi connectivity index (χ3v) is 5.14. The summed E-state index contributed by atoms with van der Waals surface area (Å²) in [5.41, 5.74) is 0. The molecule has 0 spiro atoms. The number of carbonyl (C=O) groups is 1. The predicted molar refractivity (Wildman–Crippen MR) is 87.4 cm³/mol. The lowest BCUT2D eigenvalue weighted by molar-refractivity contribution is -0.178. The van der Waals surface area contributed by atoms with Crippen LogP contribution in [0.4, 0.5) is 0 Å². The Balaban J connectivity index is 1.65. The van der Waals surface area contributed by atoms with Crippen LogP contribution in [0.5, 0.6) is 0 Å². The Morgan fingerprint density at radius 3 is 2.90 bits per heavy atom. The zero-order valence-corrected chi connectivity index (χ0v) is 14.0. The smallest absolute Gasteiger partial charge is 0.171 e. The molecule has 0 radical (unpaired) electrons. The average Bonchev–Trinajstić information content (AvgIpc) is 2.84. The summed E-state index contributed by atoms with van der Waals surface area (Å²) in [6.45, 7) is 3.02. The summed E-state index contributed by atoms with van der Waals surface area (Å²) in [6.07, 6.45) is 12.0. The molecule has 21 heavy (non-hydrogen) atoms. The molecular formula is C17H28O3S. The first-order valence-corrected chi connectivity index (χ1v) is 9.43. The van der Waals surface area contributed by atoms with Crippen molar-refractivity contribution in [3.63, 3.8) is 0 Å². The van der Waals surface area contributed by atoms with E-state index in [-0.39, 0.29) is 18.2 Å². The van der Waals surface area contributed by atoms with Gasteiger partial charge in [0.1, 0.15) is 0 Å². The number of ketones is 1. The zero-order valence-electron chi connectivity index (χ0n) is 13.1. The maximum atomic E-state index is 12.0. The van der Waals surface area contributed by atoms with Crippen molar-refractivity contribution in [3.8, 4) is 0 Å². The van der Waals surface area contributed by atoms with E-state index >= 15 is 0 Å². The number of thioether (sulfide) groups is 1. The lowest BCUT2D eigenvalue weighted by atomic mass is 10.2. The van der Waals surface area contributed by atoms with Gasteiger partial charge in [0.2, 0.25) is 0 Å². The minimum absolute atomic E-state index is 0.0665. The molecule has 1 saturated heterocycles. The molecule has 1 fully saturated rings. The molecule has 2 aliphatic rings. The summed E-state index contributed by atoms with van der Waals surface area (Å²) in [6, 6.07) is 0. The van der Waals surface area contributed by atoms with Crippen molar-refractivity contribution in [3.05, 3.63) is 11.0 Å². The second-order valence-corrected chi connectivity index (χ2v) is 7.03. The molecule has 2 atom stereocenters. The molecule has 1 aliphatic carbocycles. The molecule has 120 valence electrons. The van der Waals surface area contributed by atoms with Gasteiger partial charge >= 0.3 is 0 Å². The fourth-order valence-electron chi connectivity index (χ4n) is 2.72. The highest BCUT2D eigenvalue weighted by Crippen LogP contribution is 2.30. The van der Waals surface area contributed by atoms with E-state index in [1.165, 1.54) is 32.1 Å². The van der Waals surface area contributed by atoms with E-state index in [1.807, 2.05) is 6.08 Å². The van der Waals surface area contributed by atoms with Crippen molar-refractivity contribution in [2.24, 2.45) is 0 Å². The van der Waals surface area contributed by atoms with Crippen LogP contribution in [0.2, 0.25) is 0 Å². The van der Waals surface area contributed by atoms with Gasteiger partial charge in [-0.15, -0.1) is 11.8 Å². The van der Waals surface area contributed by atoms with E-state index < -0.39 is 0 Å². The SMILES string of the molecule is CCCCCCCSC1=CC(OC2CCCCO2)CC1=O. The Morgan fingerprint density at radius 1 is 1.29 bits per heavy atom. The van der Waals surface area contributed by atoms with Gasteiger partial charge < -0.3 is 9.47 Å². The number of hydrogen-bond donors (Lipinski definition) is 0. The van der Waals surface area contributed by atoms with Crippen molar-refractivity contribution in [1.29, 1.82) is 0 Å². The molecule has 2 rings (SSSR count). The highest BCUT2D eigenvalue weighted by molar-refractivity contribution is 8.04. The van der Waals surface area contributed by atoms with Crippen molar-refractivity contribution in [1.82, 2.24) is 0 Å². The topological polar surface area (TPSA) is 35.5 Å². The highest BCUT2D eigenvalue weighted by Gasteiger charge is 2.28. The fraction of sp³-hybridized carbons (Fsp3) is 0.824. The third kappa shape index (κ3) is 6.13. The number of Topliss-reactive ketones (excluding diaryl/α,β-unsaturated/α-hetero) is 1. The summed E-state index contributed by atoms with van der Waals surface area (Å²) in [5.74, 6) is 1.29. The molecule has 0 aromatic rings. The minimum atomic E-state index is -0.105. The normalized spacial score (nSPS) is 26.1. The van der Waals surface area contributed by atoms with Crippen LogP contribution in [0.1, 0.15) is 64.7 Å². The molecule has 0 saturated carbocycles. The number of hydrogen-bond acceptors (Lipinski definition) is 4. The van der Waals surface area contributed by atoms with Gasteiger partial charge in [0.05, 0.1) is 6.10 Å². The van der Waals surface area contributed by atoms with Gasteiger partial charge in [-0.25, -0.2) is 0 Å². The molecule has 0 aromatic carbocycles. The van der Waals surface area contributed by atoms with Crippen molar-refractivity contribution in [2.45, 2.75) is 77.1 Å². The van der Waals surface area contributed by atoms with Crippen LogP contribution in [0.25, 0.3) is 0 Å². The number of allylic oxidation sites excluding steroid dienone is 1. The molecular weight excluding hydrogens is 284 g/mol. The van der Waals surface area contributed by atoms with Crippen LogP contribution in [0.15, 0.2) is 11.0 Å². The van der Waals surface area contributed by atoms with E-state index in [0.29, 0.717) is 6.42 Å². The molecule has 3 nitrogen and oxygen atoms in total. The van der Waals surface area contributed by atoms with Gasteiger partial charge in [-0.1, -0.05) is 32.6 Å². The first-order chi connectivity index (χ1) is 10.3. The molecule has 2 unspecified atom stereocenters. The van der Waals surface area contributed by atoms with E-state index in [4.69, 9.17) is 9.47 Å². The molecule has 0 bridgehead atoms. The number of ether oxygens (including phenoxy) is 2. The summed E-state index contributed by atoms with van der Waals surface area (Å²) >= 11 is 1.71. The Kier molecular flexibility index (Phi) is 7.83. The predicted octanol–water partition coefficient (Wildman–Crippen LogP) is 4.46. The van der Waals surface area contributed by atoms with Gasteiger partial charge in [-0.3, -0.25) is 4.79 Å². The standard InChI is InChI=1S/C17H28O3S/c1-2-3-4-5-8-11-21-16-13-14(12-15(16)18)20-17-9-6-7-10-19-17/h13-14,17H,2-12H2,1H3. The Hall–Kier alpha value is -0.320. The van der Waals surface area contributed by atoms with Crippen LogP contribution in [0.3, 0.4) is 0 Å². The Bertz CT molecular complexity index is 348. The summed E-state index contributed by atoms with van der Waals surface area (Å²) in [7, 11) is 0. The van der Waals surface area contributed by atoms with Crippen LogP contribution in [-0.2, 0) is 14.3 Å². The summed E-state index contributed by atoms with van der Waals surface area (Å²) in [5, 5.41) is 0. The number of rotatable bonds is 9.